The van der Waals surface area contributed by atoms with Gasteiger partial charge in [0, 0.05) is 17.7 Å². The highest BCUT2D eigenvalue weighted by molar-refractivity contribution is 5.96. The normalized spacial score (nSPS) is 17.7. The van der Waals surface area contributed by atoms with Crippen LogP contribution in [0.15, 0.2) is 18.2 Å². The van der Waals surface area contributed by atoms with Gasteiger partial charge in [-0.05, 0) is 24.6 Å². The smallest absolute Gasteiger partial charge is 0.251 e. The molecule has 1 heterocycles. The summed E-state index contributed by atoms with van der Waals surface area (Å²) in [5, 5.41) is 11.6. The van der Waals surface area contributed by atoms with E-state index < -0.39 is 0 Å². The van der Waals surface area contributed by atoms with Crippen LogP contribution in [0.2, 0.25) is 0 Å². The molecule has 5 heteroatoms. The summed E-state index contributed by atoms with van der Waals surface area (Å²) >= 11 is 0. The van der Waals surface area contributed by atoms with Crippen LogP contribution in [0.25, 0.3) is 0 Å². The molecule has 0 spiro atoms. The maximum Gasteiger partial charge on any atom is 0.251 e. The fourth-order valence-corrected chi connectivity index (χ4v) is 2.04. The standard InChI is InChI=1S/C16H19NO4/c1-12-4-5-13(3-2-6-18)9-15(12)16(19)17-10-14-11-20-7-8-21-14/h4-5,9,14,18H,6-8,10-11H2,1H3,(H,17,19). The van der Waals surface area contributed by atoms with Crippen molar-refractivity contribution < 1.29 is 19.4 Å². The summed E-state index contributed by atoms with van der Waals surface area (Å²) < 4.78 is 10.8. The highest BCUT2D eigenvalue weighted by atomic mass is 16.6. The molecule has 1 aliphatic heterocycles. The van der Waals surface area contributed by atoms with E-state index in [-0.39, 0.29) is 18.6 Å². The minimum Gasteiger partial charge on any atom is -0.384 e. The molecule has 21 heavy (non-hydrogen) atoms. The lowest BCUT2D eigenvalue weighted by molar-refractivity contribution is -0.0855. The van der Waals surface area contributed by atoms with Crippen LogP contribution >= 0.6 is 0 Å². The minimum absolute atomic E-state index is 0.0969. The average Bonchev–Trinajstić information content (AvgIpc) is 2.53. The molecular formula is C16H19NO4. The van der Waals surface area contributed by atoms with E-state index in [4.69, 9.17) is 14.6 Å². The van der Waals surface area contributed by atoms with E-state index in [0.29, 0.717) is 37.5 Å². The molecule has 5 nitrogen and oxygen atoms in total. The van der Waals surface area contributed by atoms with Gasteiger partial charge >= 0.3 is 0 Å². The number of rotatable bonds is 3. The van der Waals surface area contributed by atoms with Crippen LogP contribution in [0, 0.1) is 18.8 Å². The SMILES string of the molecule is Cc1ccc(C#CCO)cc1C(=O)NCC1COCCO1. The van der Waals surface area contributed by atoms with Gasteiger partial charge in [-0.2, -0.15) is 0 Å². The van der Waals surface area contributed by atoms with E-state index >= 15 is 0 Å². The Bertz CT molecular complexity index is 553. The Labute approximate surface area is 124 Å². The second-order valence-corrected chi connectivity index (χ2v) is 4.77. The van der Waals surface area contributed by atoms with Gasteiger partial charge in [0.2, 0.25) is 0 Å². The third kappa shape index (κ3) is 4.57. The number of nitrogens with one attached hydrogen (secondary N) is 1. The van der Waals surface area contributed by atoms with Crippen molar-refractivity contribution in [2.24, 2.45) is 0 Å². The van der Waals surface area contributed by atoms with Crippen LogP contribution in [0.4, 0.5) is 0 Å². The zero-order valence-corrected chi connectivity index (χ0v) is 12.0. The number of aliphatic hydroxyl groups is 1. The number of hydrogen-bond donors (Lipinski definition) is 2. The maximum atomic E-state index is 12.2. The van der Waals surface area contributed by atoms with Gasteiger partial charge in [0.25, 0.3) is 5.91 Å². The lowest BCUT2D eigenvalue weighted by Gasteiger charge is -2.23. The summed E-state index contributed by atoms with van der Waals surface area (Å²) in [6, 6.07) is 5.40. The Morgan fingerprint density at radius 1 is 1.48 bits per heavy atom. The molecule has 1 unspecified atom stereocenters. The van der Waals surface area contributed by atoms with Crippen LogP contribution in [0.5, 0.6) is 0 Å². The van der Waals surface area contributed by atoms with E-state index in [1.165, 1.54) is 0 Å². The fraction of sp³-hybridized carbons (Fsp3) is 0.438. The lowest BCUT2D eigenvalue weighted by atomic mass is 10.0. The van der Waals surface area contributed by atoms with E-state index in [1.54, 1.807) is 6.07 Å². The van der Waals surface area contributed by atoms with Crippen molar-refractivity contribution >= 4 is 5.91 Å². The second kappa shape index (κ2) is 7.79. The monoisotopic (exact) mass is 289 g/mol. The number of ether oxygens (including phenoxy) is 2. The van der Waals surface area contributed by atoms with Crippen LogP contribution < -0.4 is 5.32 Å². The Hall–Kier alpha value is -1.87. The van der Waals surface area contributed by atoms with Crippen LogP contribution in [-0.4, -0.2) is 50.1 Å². The molecule has 1 atom stereocenters. The van der Waals surface area contributed by atoms with Gasteiger partial charge in [0.05, 0.1) is 25.9 Å². The number of aryl methyl sites for hydroxylation is 1. The third-order valence-corrected chi connectivity index (χ3v) is 3.17. The third-order valence-electron chi connectivity index (χ3n) is 3.17. The van der Waals surface area contributed by atoms with Crippen molar-refractivity contribution in [3.8, 4) is 11.8 Å². The Kier molecular flexibility index (Phi) is 5.76. The van der Waals surface area contributed by atoms with Gasteiger partial charge in [-0.15, -0.1) is 0 Å². The first kappa shape index (κ1) is 15.5. The molecule has 0 aliphatic carbocycles. The van der Waals surface area contributed by atoms with Crippen molar-refractivity contribution in [2.45, 2.75) is 13.0 Å². The van der Waals surface area contributed by atoms with Crippen molar-refractivity contribution in [3.05, 3.63) is 34.9 Å². The summed E-state index contributed by atoms with van der Waals surface area (Å²) in [6.07, 6.45) is -0.0969. The van der Waals surface area contributed by atoms with Crippen LogP contribution in [0.3, 0.4) is 0 Å². The molecule has 112 valence electrons. The summed E-state index contributed by atoms with van der Waals surface area (Å²) in [5.74, 6) is 5.21. The summed E-state index contributed by atoms with van der Waals surface area (Å²) in [7, 11) is 0. The molecule has 1 aliphatic rings. The van der Waals surface area contributed by atoms with Crippen molar-refractivity contribution in [1.29, 1.82) is 0 Å². The molecule has 1 saturated heterocycles. The lowest BCUT2D eigenvalue weighted by Crippen LogP contribution is -2.39. The Morgan fingerprint density at radius 3 is 3.05 bits per heavy atom. The molecule has 1 aromatic rings. The highest BCUT2D eigenvalue weighted by Gasteiger charge is 2.16. The first-order valence-electron chi connectivity index (χ1n) is 6.88. The number of carbonyl (C=O) groups excluding carboxylic acids is 1. The van der Waals surface area contributed by atoms with E-state index in [9.17, 15) is 4.79 Å². The summed E-state index contributed by atoms with van der Waals surface area (Å²) in [5.41, 5.74) is 2.16. The minimum atomic E-state index is -0.200. The quantitative estimate of drug-likeness (QED) is 0.795. The zero-order chi connectivity index (χ0) is 15.1. The van der Waals surface area contributed by atoms with Gasteiger partial charge in [0.1, 0.15) is 6.61 Å². The predicted molar refractivity (Wildman–Crippen MR) is 78.0 cm³/mol. The maximum absolute atomic E-state index is 12.2. The van der Waals surface area contributed by atoms with E-state index in [2.05, 4.69) is 17.2 Å². The van der Waals surface area contributed by atoms with Gasteiger partial charge in [-0.1, -0.05) is 17.9 Å². The van der Waals surface area contributed by atoms with Crippen LogP contribution in [0.1, 0.15) is 21.5 Å². The highest BCUT2D eigenvalue weighted by Crippen LogP contribution is 2.11. The Balaban J connectivity index is 2.00. The van der Waals surface area contributed by atoms with Gasteiger partial charge in [-0.3, -0.25) is 4.79 Å². The summed E-state index contributed by atoms with van der Waals surface area (Å²) in [6.45, 7) is 3.76. The van der Waals surface area contributed by atoms with E-state index in [0.717, 1.165) is 5.56 Å². The van der Waals surface area contributed by atoms with Crippen molar-refractivity contribution in [2.75, 3.05) is 33.0 Å². The molecule has 1 fully saturated rings. The molecule has 2 N–H and O–H groups in total. The summed E-state index contributed by atoms with van der Waals surface area (Å²) in [4.78, 5) is 12.2. The zero-order valence-electron chi connectivity index (χ0n) is 12.0. The second-order valence-electron chi connectivity index (χ2n) is 4.77. The molecule has 0 radical (unpaired) electrons. The molecular weight excluding hydrogens is 270 g/mol. The number of aliphatic hydroxyl groups excluding tert-OH is 1. The van der Waals surface area contributed by atoms with E-state index in [1.807, 2.05) is 19.1 Å². The largest absolute Gasteiger partial charge is 0.384 e. The topological polar surface area (TPSA) is 67.8 Å². The molecule has 0 aromatic heterocycles. The van der Waals surface area contributed by atoms with Gasteiger partial charge < -0.3 is 19.9 Å². The predicted octanol–water partition coefficient (Wildman–Crippen LogP) is 0.484. The first-order valence-corrected chi connectivity index (χ1v) is 6.88. The first-order chi connectivity index (χ1) is 10.2. The van der Waals surface area contributed by atoms with Gasteiger partial charge in [0.15, 0.2) is 0 Å². The van der Waals surface area contributed by atoms with Crippen molar-refractivity contribution in [1.82, 2.24) is 5.32 Å². The molecule has 1 amide bonds. The average molecular weight is 289 g/mol. The van der Waals surface area contributed by atoms with Crippen molar-refractivity contribution in [3.63, 3.8) is 0 Å². The number of carbonyl (C=O) groups is 1. The molecule has 0 saturated carbocycles. The molecule has 2 rings (SSSR count). The number of benzene rings is 1. The molecule has 1 aromatic carbocycles. The molecule has 0 bridgehead atoms. The van der Waals surface area contributed by atoms with Gasteiger partial charge in [-0.25, -0.2) is 0 Å². The fourth-order valence-electron chi connectivity index (χ4n) is 2.04. The number of amides is 1. The van der Waals surface area contributed by atoms with Crippen LogP contribution in [-0.2, 0) is 9.47 Å². The Morgan fingerprint density at radius 2 is 2.33 bits per heavy atom. The number of hydrogen-bond acceptors (Lipinski definition) is 4.